The summed E-state index contributed by atoms with van der Waals surface area (Å²) in [6.45, 7) is 3.15. The Morgan fingerprint density at radius 3 is 2.12 bits per heavy atom. The number of aliphatic hydroxyl groups is 2. The molecule has 3 N–H and O–H groups in total. The monoisotopic (exact) mass is 248 g/mol. The molecule has 0 saturated carbocycles. The average Bonchev–Trinajstić information content (AvgIpc) is 2.27. The van der Waals surface area contributed by atoms with Crippen molar-refractivity contribution in [1.82, 2.24) is 4.90 Å². The molecule has 0 aromatic rings. The number of carboxylic acids is 1. The molecule has 7 heteroatoms. The smallest absolute Gasteiger partial charge is 0.343 e. The third-order valence-corrected chi connectivity index (χ3v) is 2.38. The van der Waals surface area contributed by atoms with Gasteiger partial charge in [-0.15, -0.1) is 0 Å². The number of rotatable bonds is 5. The molecule has 0 fully saturated rings. The van der Waals surface area contributed by atoms with Crippen molar-refractivity contribution in [2.75, 3.05) is 7.02 Å². The minimum Gasteiger partial charge on any atom is -0.479 e. The minimum atomic E-state index is -2.65. The predicted molar refractivity (Wildman–Crippen MR) is 57.2 cm³/mol. The number of ketones is 1. The van der Waals surface area contributed by atoms with Crippen molar-refractivity contribution in [3.05, 3.63) is 0 Å². The Bertz CT molecular complexity index is 354. The van der Waals surface area contributed by atoms with E-state index in [4.69, 9.17) is 11.6 Å². The highest BCUT2D eigenvalue weighted by molar-refractivity contribution is 6.08. The lowest BCUT2D eigenvalue weighted by atomic mass is 9.95. The van der Waals surface area contributed by atoms with Gasteiger partial charge in [-0.2, -0.15) is 0 Å². The lowest BCUT2D eigenvalue weighted by Gasteiger charge is -2.29. The molecule has 3 atom stereocenters. The first-order valence-corrected chi connectivity index (χ1v) is 4.85. The van der Waals surface area contributed by atoms with E-state index < -0.39 is 42.4 Å². The summed E-state index contributed by atoms with van der Waals surface area (Å²) in [6, 6.07) is -1.32. The van der Waals surface area contributed by atoms with E-state index in [0.29, 0.717) is 4.90 Å². The van der Waals surface area contributed by atoms with Crippen LogP contribution in [0.1, 0.15) is 22.1 Å². The molecule has 0 aromatic carbocycles. The molecule has 0 heterocycles. The van der Waals surface area contributed by atoms with Crippen LogP contribution < -0.4 is 0 Å². The van der Waals surface area contributed by atoms with E-state index in [1.807, 2.05) is 0 Å². The number of Topliss-reactive ketones (excluding diaryl/α,β-unsaturated/α-hetero) is 1. The maximum atomic E-state index is 11.7. The number of aliphatic hydroxyl groups excluding tert-OH is 1. The van der Waals surface area contributed by atoms with E-state index in [1.165, 1.54) is 6.92 Å². The number of amides is 1. The van der Waals surface area contributed by atoms with Crippen molar-refractivity contribution in [1.29, 1.82) is 0 Å². The quantitative estimate of drug-likeness (QED) is 0.516. The summed E-state index contributed by atoms with van der Waals surface area (Å²) in [4.78, 5) is 34.6. The largest absolute Gasteiger partial charge is 0.479 e. The molecule has 0 aliphatic rings. The maximum Gasteiger partial charge on any atom is 0.343 e. The van der Waals surface area contributed by atoms with Crippen molar-refractivity contribution < 1.29 is 31.1 Å². The molecule has 17 heavy (non-hydrogen) atoms. The Morgan fingerprint density at radius 1 is 1.35 bits per heavy atom. The third-order valence-electron chi connectivity index (χ3n) is 2.38. The molecule has 0 spiro atoms. The van der Waals surface area contributed by atoms with Crippen LogP contribution in [0.4, 0.5) is 0 Å². The van der Waals surface area contributed by atoms with Gasteiger partial charge in [0.2, 0.25) is 5.60 Å². The highest BCUT2D eigenvalue weighted by Gasteiger charge is 2.43. The number of likely N-dealkylation sites (N-methyl/N-ethyl adjacent to an activating group) is 1. The zero-order valence-electron chi connectivity index (χ0n) is 10.9. The van der Waals surface area contributed by atoms with Gasteiger partial charge in [-0.1, -0.05) is 0 Å². The molecule has 0 radical (unpaired) electrons. The fourth-order valence-electron chi connectivity index (χ4n) is 1.08. The highest BCUT2D eigenvalue weighted by Crippen LogP contribution is 2.12. The van der Waals surface area contributed by atoms with Gasteiger partial charge in [-0.05, 0) is 20.8 Å². The molecule has 0 bridgehead atoms. The second-order valence-electron chi connectivity index (χ2n) is 3.90. The number of hydrogen-bond acceptors (Lipinski definition) is 5. The van der Waals surface area contributed by atoms with Crippen molar-refractivity contribution in [2.45, 2.75) is 38.5 Å². The Kier molecular flexibility index (Phi) is 4.19. The number of carboxylic acid groups (broad SMARTS) is 1. The average molecular weight is 248 g/mol. The summed E-state index contributed by atoms with van der Waals surface area (Å²) in [6.07, 6.45) is -1.42. The van der Waals surface area contributed by atoms with Gasteiger partial charge in [0, 0.05) is 8.39 Å². The summed E-state index contributed by atoms with van der Waals surface area (Å²) in [7, 11) is -0.633. The Hall–Kier alpha value is -1.47. The van der Waals surface area contributed by atoms with Gasteiger partial charge in [0.05, 0.1) is 6.04 Å². The van der Waals surface area contributed by atoms with E-state index in [9.17, 15) is 19.5 Å². The number of carbonyl (C=O) groups excluding carboxylic acids is 2. The molecule has 1 amide bonds. The van der Waals surface area contributed by atoms with Crippen molar-refractivity contribution in [2.24, 2.45) is 0 Å². The van der Waals surface area contributed by atoms with Gasteiger partial charge >= 0.3 is 5.97 Å². The molecule has 0 aromatic heterocycles. The standard InChI is InChI=1S/C10H17NO6/c1-5(11(4)8(14)6(2)12)7(13)10(3,17)9(15)16/h5-6,12,17H,1-4H3,(H,15,16)/t5-,6+,10+/m0/s1/i4D. The molecule has 0 unspecified atom stereocenters. The topological polar surface area (TPSA) is 115 Å². The third kappa shape index (κ3) is 3.24. The van der Waals surface area contributed by atoms with Crippen LogP contribution in [0.5, 0.6) is 0 Å². The van der Waals surface area contributed by atoms with Crippen LogP contribution in [0, 0.1) is 0 Å². The molecular weight excluding hydrogens is 230 g/mol. The van der Waals surface area contributed by atoms with Crippen LogP contribution >= 0.6 is 0 Å². The molecule has 98 valence electrons. The second-order valence-corrected chi connectivity index (χ2v) is 3.90. The maximum absolute atomic E-state index is 11.7. The predicted octanol–water partition coefficient (Wildman–Crippen LogP) is -1.38. The van der Waals surface area contributed by atoms with Crippen LogP contribution in [0.15, 0.2) is 0 Å². The van der Waals surface area contributed by atoms with E-state index in [2.05, 4.69) is 0 Å². The number of carbonyl (C=O) groups is 3. The molecule has 0 aliphatic carbocycles. The number of aliphatic carboxylic acids is 1. The van der Waals surface area contributed by atoms with Gasteiger partial charge in [0.1, 0.15) is 6.10 Å². The molecular formula is C10H17NO6. The Morgan fingerprint density at radius 2 is 1.82 bits per heavy atom. The Labute approximate surface area is 100 Å². The van der Waals surface area contributed by atoms with Crippen LogP contribution in [-0.4, -0.2) is 62.6 Å². The van der Waals surface area contributed by atoms with Crippen molar-refractivity contribution in [3.63, 3.8) is 0 Å². The van der Waals surface area contributed by atoms with Gasteiger partial charge in [0.25, 0.3) is 5.91 Å². The zero-order chi connectivity index (χ0) is 14.7. The van der Waals surface area contributed by atoms with Crippen molar-refractivity contribution in [3.8, 4) is 0 Å². The van der Waals surface area contributed by atoms with Crippen LogP contribution in [-0.2, 0) is 14.4 Å². The summed E-state index contributed by atoms with van der Waals surface area (Å²) >= 11 is 0. The van der Waals surface area contributed by atoms with Crippen LogP contribution in [0.3, 0.4) is 0 Å². The van der Waals surface area contributed by atoms with E-state index in [0.717, 1.165) is 13.8 Å². The lowest BCUT2D eigenvalue weighted by molar-refractivity contribution is -0.166. The SMILES string of the molecule is [2H]CN(C(=O)[C@@H](C)O)[C@@H](C)C(=O)[C@@](C)(O)C(=O)O. The first kappa shape index (κ1) is 13.6. The summed E-state index contributed by atoms with van der Waals surface area (Å²) in [5.41, 5.74) is -2.65. The van der Waals surface area contributed by atoms with Gasteiger partial charge < -0.3 is 20.2 Å². The molecule has 7 nitrogen and oxygen atoms in total. The minimum absolute atomic E-state index is 0.633. The zero-order valence-corrected chi connectivity index (χ0v) is 9.88. The van der Waals surface area contributed by atoms with E-state index >= 15 is 0 Å². The Balaban J connectivity index is 5.13. The lowest BCUT2D eigenvalue weighted by Crippen LogP contribution is -2.54. The normalized spacial score (nSPS) is 18.5. The van der Waals surface area contributed by atoms with E-state index in [-0.39, 0.29) is 0 Å². The highest BCUT2D eigenvalue weighted by atomic mass is 16.4. The van der Waals surface area contributed by atoms with E-state index in [1.54, 1.807) is 0 Å². The van der Waals surface area contributed by atoms with Crippen LogP contribution in [0.25, 0.3) is 0 Å². The molecule has 0 aliphatic heterocycles. The molecule has 0 saturated heterocycles. The van der Waals surface area contributed by atoms with Crippen LogP contribution in [0.2, 0.25) is 0 Å². The summed E-state index contributed by atoms with van der Waals surface area (Å²) < 4.78 is 7.13. The second kappa shape index (κ2) is 5.24. The summed E-state index contributed by atoms with van der Waals surface area (Å²) in [5, 5.41) is 27.3. The summed E-state index contributed by atoms with van der Waals surface area (Å²) in [5.74, 6) is -3.75. The first-order chi connectivity index (χ1) is 8.07. The number of nitrogens with zero attached hydrogens (tertiary/aromatic N) is 1. The van der Waals surface area contributed by atoms with Gasteiger partial charge in [0.15, 0.2) is 5.78 Å². The fourth-order valence-corrected chi connectivity index (χ4v) is 1.08. The van der Waals surface area contributed by atoms with Gasteiger partial charge in [-0.3, -0.25) is 9.59 Å². The number of hydrogen-bond donors (Lipinski definition) is 3. The molecule has 0 rings (SSSR count). The van der Waals surface area contributed by atoms with Gasteiger partial charge in [-0.25, -0.2) is 4.79 Å². The van der Waals surface area contributed by atoms with Crippen molar-refractivity contribution >= 4 is 17.7 Å². The fraction of sp³-hybridized carbons (Fsp3) is 0.700. The first-order valence-electron chi connectivity index (χ1n) is 5.55.